The average Bonchev–Trinajstić information content (AvgIpc) is 2.62. The highest BCUT2D eigenvalue weighted by Gasteiger charge is 2.60. The minimum atomic E-state index is -0.555. The Balaban J connectivity index is 1.96. The molecule has 3 saturated heterocycles. The van der Waals surface area contributed by atoms with Gasteiger partial charge >= 0.3 is 0 Å². The van der Waals surface area contributed by atoms with Gasteiger partial charge in [-0.15, -0.1) is 0 Å². The molecule has 2 bridgehead atoms. The van der Waals surface area contributed by atoms with Gasteiger partial charge in [0.1, 0.15) is 0 Å². The van der Waals surface area contributed by atoms with Crippen molar-refractivity contribution in [2.24, 2.45) is 5.92 Å². The molecule has 62 valence electrons. The summed E-state index contributed by atoms with van der Waals surface area (Å²) >= 11 is 0. The molecular weight excluding hydrogens is 144 g/mol. The molecule has 0 radical (unpaired) electrons. The lowest BCUT2D eigenvalue weighted by Gasteiger charge is -2.23. The summed E-state index contributed by atoms with van der Waals surface area (Å²) < 4.78 is 10.9. The van der Waals surface area contributed by atoms with E-state index in [1.54, 1.807) is 0 Å². The summed E-state index contributed by atoms with van der Waals surface area (Å²) in [4.78, 5) is 0. The van der Waals surface area contributed by atoms with Crippen LogP contribution in [0.25, 0.3) is 0 Å². The molecular formula is C8H12O3. The third kappa shape index (κ3) is 0.643. The number of aliphatic hydroxyl groups excluding tert-OH is 1. The fourth-order valence-corrected chi connectivity index (χ4v) is 2.72. The van der Waals surface area contributed by atoms with Crippen LogP contribution < -0.4 is 0 Å². The smallest absolute Gasteiger partial charge is 0.160 e. The molecule has 3 heteroatoms. The Morgan fingerprint density at radius 2 is 2.36 bits per heavy atom. The Bertz CT molecular complexity index is 194. The molecule has 3 rings (SSSR count). The predicted molar refractivity (Wildman–Crippen MR) is 36.9 cm³/mol. The second-order valence-electron chi connectivity index (χ2n) is 3.89. The summed E-state index contributed by atoms with van der Waals surface area (Å²) in [5.41, 5.74) is -0.0793. The van der Waals surface area contributed by atoms with Crippen molar-refractivity contribution in [1.82, 2.24) is 0 Å². The summed E-state index contributed by atoms with van der Waals surface area (Å²) in [5, 5.41) is 9.41. The zero-order chi connectivity index (χ0) is 7.47. The van der Waals surface area contributed by atoms with E-state index in [0.29, 0.717) is 12.7 Å². The van der Waals surface area contributed by atoms with Crippen LogP contribution in [0.5, 0.6) is 0 Å². The Kier molecular flexibility index (Phi) is 1.04. The highest BCUT2D eigenvalue weighted by Crippen LogP contribution is 2.52. The molecule has 3 aliphatic rings. The largest absolute Gasteiger partial charge is 0.369 e. The predicted octanol–water partition coefficient (Wildman–Crippen LogP) is 0.273. The van der Waals surface area contributed by atoms with Crippen LogP contribution in [0.3, 0.4) is 0 Å². The third-order valence-electron chi connectivity index (χ3n) is 3.33. The fourth-order valence-electron chi connectivity index (χ4n) is 2.72. The standard InChI is InChI=1S/C8H12O3/c9-7-6-3-5-1-2-8(6,11-5)4-10-7/h5-7,9H,1-4H2/t5-,6+,7?,8-/m1/s1. The Labute approximate surface area is 65.3 Å². The van der Waals surface area contributed by atoms with Crippen molar-refractivity contribution >= 4 is 0 Å². The molecule has 0 aromatic rings. The van der Waals surface area contributed by atoms with Crippen molar-refractivity contribution in [3.63, 3.8) is 0 Å². The van der Waals surface area contributed by atoms with Gasteiger partial charge in [0.2, 0.25) is 0 Å². The van der Waals surface area contributed by atoms with E-state index in [2.05, 4.69) is 0 Å². The molecule has 0 aromatic carbocycles. The van der Waals surface area contributed by atoms with Gasteiger partial charge in [0.25, 0.3) is 0 Å². The molecule has 0 aliphatic carbocycles. The van der Waals surface area contributed by atoms with E-state index < -0.39 is 6.29 Å². The molecule has 0 saturated carbocycles. The van der Waals surface area contributed by atoms with E-state index in [1.807, 2.05) is 0 Å². The van der Waals surface area contributed by atoms with Crippen molar-refractivity contribution in [3.05, 3.63) is 0 Å². The number of aliphatic hydroxyl groups is 1. The van der Waals surface area contributed by atoms with Crippen molar-refractivity contribution in [3.8, 4) is 0 Å². The first-order chi connectivity index (χ1) is 5.30. The van der Waals surface area contributed by atoms with E-state index in [9.17, 15) is 5.11 Å². The van der Waals surface area contributed by atoms with Crippen LogP contribution in [0.1, 0.15) is 19.3 Å². The lowest BCUT2D eigenvalue weighted by Crippen LogP contribution is -2.34. The van der Waals surface area contributed by atoms with Crippen LogP contribution in [-0.4, -0.2) is 29.7 Å². The summed E-state index contributed by atoms with van der Waals surface area (Å²) in [6.07, 6.45) is 3.10. The summed E-state index contributed by atoms with van der Waals surface area (Å²) in [6.45, 7) is 0.606. The van der Waals surface area contributed by atoms with Gasteiger partial charge in [-0.2, -0.15) is 0 Å². The van der Waals surface area contributed by atoms with Crippen LogP contribution in [0.15, 0.2) is 0 Å². The molecule has 11 heavy (non-hydrogen) atoms. The highest BCUT2D eigenvalue weighted by atomic mass is 16.6. The Morgan fingerprint density at radius 1 is 1.45 bits per heavy atom. The normalized spacial score (nSPS) is 60.3. The number of hydrogen-bond acceptors (Lipinski definition) is 3. The van der Waals surface area contributed by atoms with Gasteiger partial charge in [-0.25, -0.2) is 0 Å². The number of fused-ring (bicyclic) bond motifs is 1. The molecule has 3 heterocycles. The zero-order valence-electron chi connectivity index (χ0n) is 6.32. The van der Waals surface area contributed by atoms with Crippen LogP contribution >= 0.6 is 0 Å². The maximum atomic E-state index is 9.41. The molecule has 3 fully saturated rings. The molecule has 1 N–H and O–H groups in total. The summed E-state index contributed by atoms with van der Waals surface area (Å²) in [5.74, 6) is 0.265. The molecule has 0 amide bonds. The van der Waals surface area contributed by atoms with Gasteiger partial charge in [0, 0.05) is 5.92 Å². The SMILES string of the molecule is OC1OC[C@]23CC[C@H](C[C@@H]12)O3. The van der Waals surface area contributed by atoms with Crippen LogP contribution in [-0.2, 0) is 9.47 Å². The van der Waals surface area contributed by atoms with E-state index in [0.717, 1.165) is 19.3 Å². The van der Waals surface area contributed by atoms with Crippen LogP contribution in [0.4, 0.5) is 0 Å². The van der Waals surface area contributed by atoms with Gasteiger partial charge in [-0.3, -0.25) is 0 Å². The lowest BCUT2D eigenvalue weighted by molar-refractivity contribution is -0.0875. The zero-order valence-corrected chi connectivity index (χ0v) is 6.32. The maximum absolute atomic E-state index is 9.41. The summed E-state index contributed by atoms with van der Waals surface area (Å²) in [7, 11) is 0. The molecule has 1 unspecified atom stereocenters. The fraction of sp³-hybridized carbons (Fsp3) is 1.00. The number of ether oxygens (including phenoxy) is 2. The maximum Gasteiger partial charge on any atom is 0.160 e. The topological polar surface area (TPSA) is 38.7 Å². The second-order valence-corrected chi connectivity index (χ2v) is 3.89. The minimum absolute atomic E-state index is 0.0793. The van der Waals surface area contributed by atoms with Crippen LogP contribution in [0, 0.1) is 5.92 Å². The van der Waals surface area contributed by atoms with Gasteiger partial charge in [-0.1, -0.05) is 0 Å². The van der Waals surface area contributed by atoms with Gasteiger partial charge in [-0.05, 0) is 19.3 Å². The first-order valence-corrected chi connectivity index (χ1v) is 4.28. The van der Waals surface area contributed by atoms with Crippen molar-refractivity contribution in [2.75, 3.05) is 6.61 Å². The summed E-state index contributed by atoms with van der Waals surface area (Å²) in [6, 6.07) is 0. The quantitative estimate of drug-likeness (QED) is 0.547. The van der Waals surface area contributed by atoms with Crippen molar-refractivity contribution < 1.29 is 14.6 Å². The molecule has 0 aromatic heterocycles. The van der Waals surface area contributed by atoms with E-state index in [1.165, 1.54) is 0 Å². The van der Waals surface area contributed by atoms with E-state index in [-0.39, 0.29) is 11.5 Å². The Hall–Kier alpha value is -0.120. The number of hydrogen-bond donors (Lipinski definition) is 1. The van der Waals surface area contributed by atoms with Crippen molar-refractivity contribution in [2.45, 2.75) is 37.3 Å². The first kappa shape index (κ1) is 6.40. The van der Waals surface area contributed by atoms with Gasteiger partial charge < -0.3 is 14.6 Å². The van der Waals surface area contributed by atoms with Crippen molar-refractivity contribution in [1.29, 1.82) is 0 Å². The average molecular weight is 156 g/mol. The molecule has 1 spiro atoms. The third-order valence-corrected chi connectivity index (χ3v) is 3.33. The number of rotatable bonds is 0. The first-order valence-electron chi connectivity index (χ1n) is 4.28. The van der Waals surface area contributed by atoms with E-state index >= 15 is 0 Å². The Morgan fingerprint density at radius 3 is 3.09 bits per heavy atom. The van der Waals surface area contributed by atoms with E-state index in [4.69, 9.17) is 9.47 Å². The highest BCUT2D eigenvalue weighted by molar-refractivity contribution is 5.06. The molecule has 3 aliphatic heterocycles. The molecule has 3 nitrogen and oxygen atoms in total. The second kappa shape index (κ2) is 1.79. The van der Waals surface area contributed by atoms with Gasteiger partial charge in [0.15, 0.2) is 6.29 Å². The van der Waals surface area contributed by atoms with Crippen LogP contribution in [0.2, 0.25) is 0 Å². The minimum Gasteiger partial charge on any atom is -0.369 e. The molecule has 4 atom stereocenters. The van der Waals surface area contributed by atoms with Gasteiger partial charge in [0.05, 0.1) is 18.3 Å². The monoisotopic (exact) mass is 156 g/mol. The lowest BCUT2D eigenvalue weighted by atomic mass is 9.80.